The summed E-state index contributed by atoms with van der Waals surface area (Å²) in [5.41, 5.74) is 0. The first-order valence-corrected chi connectivity index (χ1v) is 8.08. The average Bonchev–Trinajstić information content (AvgIpc) is 2.37. The summed E-state index contributed by atoms with van der Waals surface area (Å²) in [4.78, 5) is 11.3. The molecule has 0 aliphatic carbocycles. The maximum Gasteiger partial charge on any atom is 0.421 e. The van der Waals surface area contributed by atoms with Crippen LogP contribution in [0.5, 0.6) is 0 Å². The van der Waals surface area contributed by atoms with E-state index in [-0.39, 0.29) is 18.7 Å². The highest BCUT2D eigenvalue weighted by Crippen LogP contribution is 2.15. The van der Waals surface area contributed by atoms with Crippen LogP contribution in [-0.4, -0.2) is 50.6 Å². The molecule has 1 saturated heterocycles. The number of piperazine rings is 1. The molecule has 1 amide bonds. The molecule has 7 nitrogen and oxygen atoms in total. The molecule has 0 bridgehead atoms. The molecule has 19 heavy (non-hydrogen) atoms. The second-order valence-corrected chi connectivity index (χ2v) is 6.10. The van der Waals surface area contributed by atoms with Gasteiger partial charge in [0.2, 0.25) is 0 Å². The molecular weight excluding hydrogens is 270 g/mol. The summed E-state index contributed by atoms with van der Waals surface area (Å²) in [5, 5.41) is 3.30. The molecule has 2 unspecified atom stereocenters. The second-order valence-electron chi connectivity index (χ2n) is 4.47. The van der Waals surface area contributed by atoms with E-state index in [1.54, 1.807) is 6.92 Å². The van der Waals surface area contributed by atoms with E-state index in [9.17, 15) is 13.2 Å². The van der Waals surface area contributed by atoms with E-state index in [0.29, 0.717) is 19.5 Å². The van der Waals surface area contributed by atoms with Crippen molar-refractivity contribution in [2.45, 2.75) is 45.7 Å². The van der Waals surface area contributed by atoms with Gasteiger partial charge >= 0.3 is 16.3 Å². The van der Waals surface area contributed by atoms with Crippen molar-refractivity contribution in [3.63, 3.8) is 0 Å². The van der Waals surface area contributed by atoms with Gasteiger partial charge < -0.3 is 10.1 Å². The molecule has 2 N–H and O–H groups in total. The lowest BCUT2D eigenvalue weighted by Gasteiger charge is -2.38. The quantitative estimate of drug-likeness (QED) is 0.768. The maximum atomic E-state index is 12.2. The zero-order valence-electron chi connectivity index (χ0n) is 11.7. The SMILES string of the molecule is CCOC(=O)NS(=O)(=O)N1CC(CC)NCC1CC. The van der Waals surface area contributed by atoms with Crippen molar-refractivity contribution in [2.75, 3.05) is 19.7 Å². The summed E-state index contributed by atoms with van der Waals surface area (Å²) < 4.78 is 32.3. The topological polar surface area (TPSA) is 87.7 Å². The zero-order chi connectivity index (χ0) is 14.5. The largest absolute Gasteiger partial charge is 0.449 e. The van der Waals surface area contributed by atoms with E-state index in [0.717, 1.165) is 6.42 Å². The molecule has 1 aliphatic heterocycles. The van der Waals surface area contributed by atoms with Gasteiger partial charge in [0.15, 0.2) is 0 Å². The lowest BCUT2D eigenvalue weighted by atomic mass is 10.1. The van der Waals surface area contributed by atoms with Crippen LogP contribution in [0.3, 0.4) is 0 Å². The summed E-state index contributed by atoms with van der Waals surface area (Å²) >= 11 is 0. The lowest BCUT2D eigenvalue weighted by Crippen LogP contribution is -2.60. The summed E-state index contributed by atoms with van der Waals surface area (Å²) in [6.45, 7) is 6.64. The first-order valence-electron chi connectivity index (χ1n) is 6.64. The molecule has 1 rings (SSSR count). The fourth-order valence-corrected chi connectivity index (χ4v) is 3.45. The standard InChI is InChI=1S/C11H23N3O4S/c1-4-9-8-14(10(5-2)7-12-9)19(16,17)13-11(15)18-6-3/h9-10,12H,4-8H2,1-3H3,(H,13,15). The van der Waals surface area contributed by atoms with Gasteiger partial charge in [-0.2, -0.15) is 12.7 Å². The van der Waals surface area contributed by atoms with E-state index in [1.807, 2.05) is 18.6 Å². The van der Waals surface area contributed by atoms with Crippen LogP contribution in [0.1, 0.15) is 33.6 Å². The van der Waals surface area contributed by atoms with E-state index in [1.165, 1.54) is 4.31 Å². The molecule has 1 fully saturated rings. The highest BCUT2D eigenvalue weighted by atomic mass is 32.2. The molecular formula is C11H23N3O4S. The Morgan fingerprint density at radius 3 is 2.58 bits per heavy atom. The zero-order valence-corrected chi connectivity index (χ0v) is 12.5. The smallest absolute Gasteiger partial charge is 0.421 e. The first-order chi connectivity index (χ1) is 8.94. The van der Waals surface area contributed by atoms with Gasteiger partial charge in [-0.1, -0.05) is 13.8 Å². The van der Waals surface area contributed by atoms with Gasteiger partial charge in [-0.3, -0.25) is 0 Å². The van der Waals surface area contributed by atoms with Crippen molar-refractivity contribution in [1.29, 1.82) is 0 Å². The van der Waals surface area contributed by atoms with Gasteiger partial charge in [0.05, 0.1) is 6.61 Å². The van der Waals surface area contributed by atoms with Crippen LogP contribution < -0.4 is 10.0 Å². The summed E-state index contributed by atoms with van der Waals surface area (Å²) in [6, 6.07) is -0.0312. The van der Waals surface area contributed by atoms with E-state index in [2.05, 4.69) is 10.1 Å². The average molecular weight is 293 g/mol. The van der Waals surface area contributed by atoms with Crippen LogP contribution in [0.2, 0.25) is 0 Å². The Hall–Kier alpha value is -0.860. The van der Waals surface area contributed by atoms with Gasteiger partial charge in [-0.25, -0.2) is 9.52 Å². The number of carbonyl (C=O) groups is 1. The highest BCUT2D eigenvalue weighted by molar-refractivity contribution is 7.87. The molecule has 0 aromatic rings. The molecule has 0 saturated carbocycles. The second kappa shape index (κ2) is 7.06. The van der Waals surface area contributed by atoms with Crippen molar-refractivity contribution in [3.8, 4) is 0 Å². The van der Waals surface area contributed by atoms with Gasteiger partial charge in [-0.05, 0) is 19.8 Å². The third-order valence-corrected chi connectivity index (χ3v) is 4.70. The summed E-state index contributed by atoms with van der Waals surface area (Å²) in [6.07, 6.45) is 0.596. The third kappa shape index (κ3) is 4.32. The number of hydrogen-bond acceptors (Lipinski definition) is 5. The Balaban J connectivity index is 2.79. The molecule has 8 heteroatoms. The van der Waals surface area contributed by atoms with Crippen molar-refractivity contribution in [2.24, 2.45) is 0 Å². The molecule has 0 radical (unpaired) electrons. The fraction of sp³-hybridized carbons (Fsp3) is 0.909. The Bertz CT molecular complexity index is 399. The minimum absolute atomic E-state index is 0.113. The Labute approximate surface area is 114 Å². The normalized spacial score (nSPS) is 25.0. The molecule has 1 aliphatic rings. The van der Waals surface area contributed by atoms with Crippen LogP contribution in [0.4, 0.5) is 4.79 Å². The van der Waals surface area contributed by atoms with Gasteiger partial charge in [0, 0.05) is 25.2 Å². The third-order valence-electron chi connectivity index (χ3n) is 3.21. The Morgan fingerprint density at radius 1 is 1.37 bits per heavy atom. The molecule has 0 aromatic heterocycles. The van der Waals surface area contributed by atoms with Crippen LogP contribution in [0.25, 0.3) is 0 Å². The van der Waals surface area contributed by atoms with Crippen LogP contribution in [-0.2, 0) is 14.9 Å². The number of ether oxygens (including phenoxy) is 1. The molecule has 0 spiro atoms. The van der Waals surface area contributed by atoms with Crippen LogP contribution in [0, 0.1) is 0 Å². The van der Waals surface area contributed by atoms with Gasteiger partial charge in [0.25, 0.3) is 0 Å². The number of nitrogens with one attached hydrogen (secondary N) is 2. The van der Waals surface area contributed by atoms with Gasteiger partial charge in [0.1, 0.15) is 0 Å². The van der Waals surface area contributed by atoms with Gasteiger partial charge in [-0.15, -0.1) is 0 Å². The Morgan fingerprint density at radius 2 is 2.05 bits per heavy atom. The van der Waals surface area contributed by atoms with Crippen molar-refractivity contribution >= 4 is 16.3 Å². The van der Waals surface area contributed by atoms with Crippen molar-refractivity contribution in [3.05, 3.63) is 0 Å². The molecule has 1 heterocycles. The first kappa shape index (κ1) is 16.2. The summed E-state index contributed by atoms with van der Waals surface area (Å²) in [5.74, 6) is 0. The molecule has 0 aromatic carbocycles. The molecule has 112 valence electrons. The highest BCUT2D eigenvalue weighted by Gasteiger charge is 2.35. The van der Waals surface area contributed by atoms with E-state index in [4.69, 9.17) is 0 Å². The van der Waals surface area contributed by atoms with Crippen molar-refractivity contribution < 1.29 is 17.9 Å². The minimum atomic E-state index is -3.84. The number of nitrogens with zero attached hydrogens (tertiary/aromatic N) is 1. The minimum Gasteiger partial charge on any atom is -0.449 e. The van der Waals surface area contributed by atoms with E-state index < -0.39 is 16.3 Å². The lowest BCUT2D eigenvalue weighted by molar-refractivity contribution is 0.156. The van der Waals surface area contributed by atoms with Crippen LogP contribution >= 0.6 is 0 Å². The Kier molecular flexibility index (Phi) is 6.02. The fourth-order valence-electron chi connectivity index (χ4n) is 2.08. The maximum absolute atomic E-state index is 12.2. The summed E-state index contributed by atoms with van der Waals surface area (Å²) in [7, 11) is -3.84. The number of hydrogen-bond donors (Lipinski definition) is 2. The van der Waals surface area contributed by atoms with Crippen molar-refractivity contribution in [1.82, 2.24) is 14.3 Å². The van der Waals surface area contributed by atoms with Crippen LogP contribution in [0.15, 0.2) is 0 Å². The number of rotatable bonds is 5. The van der Waals surface area contributed by atoms with E-state index >= 15 is 0 Å². The monoisotopic (exact) mass is 293 g/mol. The predicted octanol–water partition coefficient (Wildman–Crippen LogP) is 0.440. The number of amides is 1. The predicted molar refractivity (Wildman–Crippen MR) is 71.9 cm³/mol. The number of carbonyl (C=O) groups excluding carboxylic acids is 1. The molecule has 2 atom stereocenters.